The summed E-state index contributed by atoms with van der Waals surface area (Å²) in [6.45, 7) is -0.700. The first-order chi connectivity index (χ1) is 7.49. The minimum Gasteiger partial charge on any atom is -0.396 e. The van der Waals surface area contributed by atoms with Crippen molar-refractivity contribution in [2.75, 3.05) is 32.8 Å². The van der Waals surface area contributed by atoms with E-state index in [1.54, 1.807) is 0 Å². The molecule has 0 atom stereocenters. The van der Waals surface area contributed by atoms with E-state index in [2.05, 4.69) is 0 Å². The number of aliphatic hydroxyl groups is 2. The number of hydrogen-bond donors (Lipinski definition) is 2. The highest BCUT2D eigenvalue weighted by molar-refractivity contribution is 4.63. The van der Waals surface area contributed by atoms with Crippen LogP contribution < -0.4 is 0 Å². The molecule has 0 aliphatic carbocycles. The third-order valence-electron chi connectivity index (χ3n) is 2.20. The number of alkyl halides is 3. The number of rotatable bonds is 9. The molecule has 0 radical (unpaired) electrons. The Hall–Kier alpha value is -0.330. The van der Waals surface area contributed by atoms with Gasteiger partial charge in [-0.25, -0.2) is 0 Å². The molecule has 0 aromatic heterocycles. The van der Waals surface area contributed by atoms with Gasteiger partial charge in [0.2, 0.25) is 0 Å². The molecular formula is C10H20F3NO2. The lowest BCUT2D eigenvalue weighted by atomic mass is 10.2. The average molecular weight is 243 g/mol. The lowest BCUT2D eigenvalue weighted by Crippen LogP contribution is -2.36. The summed E-state index contributed by atoms with van der Waals surface area (Å²) < 4.78 is 36.3. The molecule has 16 heavy (non-hydrogen) atoms. The van der Waals surface area contributed by atoms with Crippen LogP contribution in [0.1, 0.15) is 25.7 Å². The van der Waals surface area contributed by atoms with E-state index in [4.69, 9.17) is 10.2 Å². The van der Waals surface area contributed by atoms with Crippen LogP contribution in [-0.4, -0.2) is 54.1 Å². The van der Waals surface area contributed by atoms with Gasteiger partial charge in [-0.05, 0) is 19.4 Å². The van der Waals surface area contributed by atoms with Crippen molar-refractivity contribution in [3.8, 4) is 0 Å². The molecule has 0 saturated heterocycles. The van der Waals surface area contributed by atoms with Crippen molar-refractivity contribution < 1.29 is 23.4 Å². The Labute approximate surface area is 93.9 Å². The molecule has 0 aromatic carbocycles. The molecule has 0 unspecified atom stereocenters. The standard InChI is InChI=1S/C10H20F3NO2/c11-10(12,13)9-14(6-8-16)5-3-1-2-4-7-15/h15-16H,1-9H2. The van der Waals surface area contributed by atoms with E-state index in [9.17, 15) is 13.2 Å². The molecule has 2 N–H and O–H groups in total. The Morgan fingerprint density at radius 3 is 1.94 bits per heavy atom. The zero-order valence-corrected chi connectivity index (χ0v) is 9.34. The van der Waals surface area contributed by atoms with Crippen LogP contribution in [0.3, 0.4) is 0 Å². The first-order valence-corrected chi connectivity index (χ1v) is 5.50. The Morgan fingerprint density at radius 1 is 0.812 bits per heavy atom. The summed E-state index contributed by atoms with van der Waals surface area (Å²) in [6, 6.07) is 0. The summed E-state index contributed by atoms with van der Waals surface area (Å²) in [6.07, 6.45) is -1.22. The fourth-order valence-corrected chi connectivity index (χ4v) is 1.47. The molecule has 0 amide bonds. The number of hydrogen-bond acceptors (Lipinski definition) is 3. The first kappa shape index (κ1) is 15.7. The van der Waals surface area contributed by atoms with Crippen molar-refractivity contribution in [3.05, 3.63) is 0 Å². The third kappa shape index (κ3) is 10.2. The highest BCUT2D eigenvalue weighted by atomic mass is 19.4. The van der Waals surface area contributed by atoms with E-state index in [-0.39, 0.29) is 19.8 Å². The van der Waals surface area contributed by atoms with Crippen molar-refractivity contribution in [3.63, 3.8) is 0 Å². The first-order valence-electron chi connectivity index (χ1n) is 5.50. The zero-order valence-electron chi connectivity index (χ0n) is 9.34. The summed E-state index contributed by atoms with van der Waals surface area (Å²) in [4.78, 5) is 1.21. The molecule has 0 fully saturated rings. The molecule has 98 valence electrons. The van der Waals surface area contributed by atoms with Gasteiger partial charge in [0.25, 0.3) is 0 Å². The highest BCUT2D eigenvalue weighted by Gasteiger charge is 2.30. The summed E-state index contributed by atoms with van der Waals surface area (Å²) in [5.74, 6) is 0. The predicted molar refractivity (Wildman–Crippen MR) is 55.1 cm³/mol. The summed E-state index contributed by atoms with van der Waals surface area (Å²) >= 11 is 0. The summed E-state index contributed by atoms with van der Waals surface area (Å²) in [5, 5.41) is 17.2. The minimum atomic E-state index is -4.21. The fraction of sp³-hybridized carbons (Fsp3) is 1.00. The van der Waals surface area contributed by atoms with Crippen LogP contribution in [-0.2, 0) is 0 Å². The van der Waals surface area contributed by atoms with Crippen LogP contribution in [0.5, 0.6) is 0 Å². The molecule has 0 aliphatic rings. The van der Waals surface area contributed by atoms with Gasteiger partial charge in [-0.1, -0.05) is 12.8 Å². The van der Waals surface area contributed by atoms with E-state index in [1.165, 1.54) is 4.90 Å². The maximum Gasteiger partial charge on any atom is 0.401 e. The van der Waals surface area contributed by atoms with Crippen LogP contribution in [0.4, 0.5) is 13.2 Å². The van der Waals surface area contributed by atoms with Gasteiger partial charge in [-0.15, -0.1) is 0 Å². The van der Waals surface area contributed by atoms with Gasteiger partial charge in [0.05, 0.1) is 13.2 Å². The number of aliphatic hydroxyl groups excluding tert-OH is 2. The second-order valence-corrected chi connectivity index (χ2v) is 3.75. The number of halogens is 3. The SMILES string of the molecule is OCCCCCCN(CCO)CC(F)(F)F. The highest BCUT2D eigenvalue weighted by Crippen LogP contribution is 2.16. The maximum atomic E-state index is 12.1. The van der Waals surface area contributed by atoms with Crippen molar-refractivity contribution in [2.24, 2.45) is 0 Å². The molecule has 6 heteroatoms. The van der Waals surface area contributed by atoms with Crippen LogP contribution in [0.15, 0.2) is 0 Å². The molecule has 0 spiro atoms. The Morgan fingerprint density at radius 2 is 1.44 bits per heavy atom. The van der Waals surface area contributed by atoms with Gasteiger partial charge >= 0.3 is 6.18 Å². The Balaban J connectivity index is 3.68. The quantitative estimate of drug-likeness (QED) is 0.601. The van der Waals surface area contributed by atoms with Crippen LogP contribution in [0, 0.1) is 0 Å². The smallest absolute Gasteiger partial charge is 0.396 e. The van der Waals surface area contributed by atoms with E-state index in [1.807, 2.05) is 0 Å². The van der Waals surface area contributed by atoms with Crippen molar-refractivity contribution in [1.29, 1.82) is 0 Å². The Bertz CT molecular complexity index is 165. The second kappa shape index (κ2) is 8.78. The average Bonchev–Trinajstić information content (AvgIpc) is 2.15. The van der Waals surface area contributed by atoms with Gasteiger partial charge in [0, 0.05) is 13.2 Å². The molecule has 0 saturated carbocycles. The van der Waals surface area contributed by atoms with Crippen molar-refractivity contribution in [1.82, 2.24) is 4.90 Å². The largest absolute Gasteiger partial charge is 0.401 e. The topological polar surface area (TPSA) is 43.7 Å². The molecule has 0 heterocycles. The predicted octanol–water partition coefficient (Wildman–Crippen LogP) is 1.40. The fourth-order valence-electron chi connectivity index (χ4n) is 1.47. The monoisotopic (exact) mass is 243 g/mol. The van der Waals surface area contributed by atoms with E-state index in [0.29, 0.717) is 19.4 Å². The van der Waals surface area contributed by atoms with E-state index in [0.717, 1.165) is 12.8 Å². The molecule has 0 aliphatic heterocycles. The summed E-state index contributed by atoms with van der Waals surface area (Å²) in [5.41, 5.74) is 0. The van der Waals surface area contributed by atoms with Gasteiger partial charge in [0.1, 0.15) is 0 Å². The van der Waals surface area contributed by atoms with Crippen molar-refractivity contribution in [2.45, 2.75) is 31.9 Å². The Kier molecular flexibility index (Phi) is 8.60. The second-order valence-electron chi connectivity index (χ2n) is 3.75. The minimum absolute atomic E-state index is 0.0551. The van der Waals surface area contributed by atoms with Gasteiger partial charge in [0.15, 0.2) is 0 Å². The normalized spacial score (nSPS) is 12.4. The lowest BCUT2D eigenvalue weighted by molar-refractivity contribution is -0.146. The number of unbranched alkanes of at least 4 members (excludes halogenated alkanes) is 3. The third-order valence-corrected chi connectivity index (χ3v) is 2.20. The molecule has 0 bridgehead atoms. The number of nitrogens with zero attached hydrogens (tertiary/aromatic N) is 1. The van der Waals surface area contributed by atoms with Crippen LogP contribution in [0.2, 0.25) is 0 Å². The van der Waals surface area contributed by atoms with Crippen molar-refractivity contribution >= 4 is 0 Å². The maximum absolute atomic E-state index is 12.1. The van der Waals surface area contributed by atoms with Gasteiger partial charge < -0.3 is 10.2 Å². The van der Waals surface area contributed by atoms with Crippen LogP contribution >= 0.6 is 0 Å². The van der Waals surface area contributed by atoms with E-state index >= 15 is 0 Å². The lowest BCUT2D eigenvalue weighted by Gasteiger charge is -2.22. The molecule has 3 nitrogen and oxygen atoms in total. The molecular weight excluding hydrogens is 223 g/mol. The molecule has 0 aromatic rings. The van der Waals surface area contributed by atoms with Gasteiger partial charge in [-0.2, -0.15) is 13.2 Å². The van der Waals surface area contributed by atoms with Gasteiger partial charge in [-0.3, -0.25) is 4.90 Å². The van der Waals surface area contributed by atoms with Crippen LogP contribution in [0.25, 0.3) is 0 Å². The summed E-state index contributed by atoms with van der Waals surface area (Å²) in [7, 11) is 0. The molecule has 0 rings (SSSR count). The van der Waals surface area contributed by atoms with E-state index < -0.39 is 12.7 Å². The zero-order chi connectivity index (χ0) is 12.4.